The first-order valence-corrected chi connectivity index (χ1v) is 7.26. The van der Waals surface area contributed by atoms with E-state index in [2.05, 4.69) is 26.6 Å². The van der Waals surface area contributed by atoms with Crippen molar-refractivity contribution in [3.05, 3.63) is 28.2 Å². The van der Waals surface area contributed by atoms with Crippen molar-refractivity contribution in [1.29, 1.82) is 0 Å². The highest BCUT2D eigenvalue weighted by Crippen LogP contribution is 2.34. The average molecular weight is 309 g/mol. The molecule has 1 aromatic rings. The molecule has 18 heavy (non-hydrogen) atoms. The minimum absolute atomic E-state index is 0.136. The van der Waals surface area contributed by atoms with Gasteiger partial charge in [-0.2, -0.15) is 0 Å². The summed E-state index contributed by atoms with van der Waals surface area (Å²) in [5.74, 6) is 0.288. The van der Waals surface area contributed by atoms with Crippen LogP contribution in [-0.4, -0.2) is 18.0 Å². The minimum Gasteiger partial charge on any atom is -0.325 e. The highest BCUT2D eigenvalue weighted by Gasteiger charge is 2.42. The number of carbonyl (C=O) groups is 1. The molecular formula is C14H17BrN2O. The zero-order valence-electron chi connectivity index (χ0n) is 10.4. The summed E-state index contributed by atoms with van der Waals surface area (Å²) in [5, 5.41) is 6.53. The fraction of sp³-hybridized carbons (Fsp3) is 0.500. The molecule has 3 unspecified atom stereocenters. The van der Waals surface area contributed by atoms with E-state index in [4.69, 9.17) is 0 Å². The summed E-state index contributed by atoms with van der Waals surface area (Å²) in [5.41, 5.74) is 2.05. The molecule has 2 saturated heterocycles. The highest BCUT2D eigenvalue weighted by molar-refractivity contribution is 9.10. The van der Waals surface area contributed by atoms with Crippen LogP contribution in [0.5, 0.6) is 0 Å². The Morgan fingerprint density at radius 1 is 1.44 bits per heavy atom. The van der Waals surface area contributed by atoms with E-state index in [0.717, 1.165) is 23.0 Å². The van der Waals surface area contributed by atoms with E-state index in [1.165, 1.54) is 12.0 Å². The van der Waals surface area contributed by atoms with Crippen molar-refractivity contribution < 1.29 is 4.79 Å². The second-order valence-electron chi connectivity index (χ2n) is 5.36. The smallest absolute Gasteiger partial charge is 0.229 e. The lowest BCUT2D eigenvalue weighted by molar-refractivity contribution is -0.120. The number of fused-ring (bicyclic) bond motifs is 2. The van der Waals surface area contributed by atoms with Gasteiger partial charge in [-0.1, -0.05) is 6.07 Å². The van der Waals surface area contributed by atoms with Crippen molar-refractivity contribution in [1.82, 2.24) is 5.32 Å². The third-order valence-corrected chi connectivity index (χ3v) is 4.68. The van der Waals surface area contributed by atoms with Crippen LogP contribution in [-0.2, 0) is 4.79 Å². The van der Waals surface area contributed by atoms with Crippen molar-refractivity contribution in [3.8, 4) is 0 Å². The van der Waals surface area contributed by atoms with Crippen LogP contribution in [0.3, 0.4) is 0 Å². The molecule has 2 bridgehead atoms. The number of aryl methyl sites for hydroxylation is 1. The number of rotatable bonds is 2. The third-order valence-electron chi connectivity index (χ3n) is 4.02. The number of amides is 1. The Morgan fingerprint density at radius 3 is 2.89 bits per heavy atom. The predicted molar refractivity (Wildman–Crippen MR) is 75.6 cm³/mol. The van der Waals surface area contributed by atoms with Crippen LogP contribution in [0.25, 0.3) is 0 Å². The maximum Gasteiger partial charge on any atom is 0.229 e. The molecule has 2 N–H and O–H groups in total. The van der Waals surface area contributed by atoms with Gasteiger partial charge in [-0.3, -0.25) is 4.79 Å². The van der Waals surface area contributed by atoms with Crippen LogP contribution in [0.4, 0.5) is 5.69 Å². The monoisotopic (exact) mass is 308 g/mol. The maximum absolute atomic E-state index is 12.3. The highest BCUT2D eigenvalue weighted by atomic mass is 79.9. The van der Waals surface area contributed by atoms with Crippen LogP contribution in [0.15, 0.2) is 22.7 Å². The zero-order chi connectivity index (χ0) is 12.7. The van der Waals surface area contributed by atoms with Crippen LogP contribution >= 0.6 is 15.9 Å². The quantitative estimate of drug-likeness (QED) is 0.882. The number of benzene rings is 1. The molecule has 2 fully saturated rings. The molecule has 2 aliphatic heterocycles. The topological polar surface area (TPSA) is 41.1 Å². The van der Waals surface area contributed by atoms with Gasteiger partial charge in [-0.25, -0.2) is 0 Å². The molecule has 3 atom stereocenters. The standard InChI is InChI=1S/C14H17BrN2O/c1-8-2-4-13(11(15)6-8)17-14(18)10-7-9-3-5-12(10)16-9/h2,4,6,9-10,12,16H,3,5,7H2,1H3,(H,17,18). The fourth-order valence-corrected chi connectivity index (χ4v) is 3.65. The van der Waals surface area contributed by atoms with Gasteiger partial charge >= 0.3 is 0 Å². The molecule has 1 amide bonds. The van der Waals surface area contributed by atoms with Gasteiger partial charge in [0, 0.05) is 16.6 Å². The Balaban J connectivity index is 1.71. The van der Waals surface area contributed by atoms with Gasteiger partial charge in [0.25, 0.3) is 0 Å². The van der Waals surface area contributed by atoms with E-state index in [9.17, 15) is 4.79 Å². The van der Waals surface area contributed by atoms with Crippen molar-refractivity contribution in [3.63, 3.8) is 0 Å². The van der Waals surface area contributed by atoms with E-state index in [1.807, 2.05) is 25.1 Å². The second-order valence-corrected chi connectivity index (χ2v) is 6.22. The van der Waals surface area contributed by atoms with Gasteiger partial charge in [0.15, 0.2) is 0 Å². The van der Waals surface area contributed by atoms with Crippen molar-refractivity contribution in [2.24, 2.45) is 5.92 Å². The summed E-state index contributed by atoms with van der Waals surface area (Å²) < 4.78 is 0.951. The van der Waals surface area contributed by atoms with Gasteiger partial charge in [0.05, 0.1) is 11.6 Å². The number of anilines is 1. The first-order chi connectivity index (χ1) is 8.63. The van der Waals surface area contributed by atoms with Crippen molar-refractivity contribution in [2.75, 3.05) is 5.32 Å². The zero-order valence-corrected chi connectivity index (χ0v) is 12.0. The molecule has 4 heteroatoms. The number of hydrogen-bond acceptors (Lipinski definition) is 2. The Hall–Kier alpha value is -0.870. The molecule has 1 aromatic carbocycles. The predicted octanol–water partition coefficient (Wildman–Crippen LogP) is 2.84. The van der Waals surface area contributed by atoms with E-state index in [1.54, 1.807) is 0 Å². The fourth-order valence-electron chi connectivity index (χ4n) is 3.06. The molecule has 0 aromatic heterocycles. The number of carbonyl (C=O) groups excluding carboxylic acids is 1. The van der Waals surface area contributed by atoms with Gasteiger partial charge < -0.3 is 10.6 Å². The summed E-state index contributed by atoms with van der Waals surface area (Å²) in [7, 11) is 0. The Bertz CT molecular complexity index is 489. The lowest BCUT2D eigenvalue weighted by Crippen LogP contribution is -2.32. The molecular weight excluding hydrogens is 292 g/mol. The van der Waals surface area contributed by atoms with Crippen LogP contribution in [0.1, 0.15) is 24.8 Å². The molecule has 0 aliphatic carbocycles. The molecule has 0 radical (unpaired) electrons. The van der Waals surface area contributed by atoms with Crippen molar-refractivity contribution >= 4 is 27.5 Å². The van der Waals surface area contributed by atoms with E-state index in [0.29, 0.717) is 12.1 Å². The summed E-state index contributed by atoms with van der Waals surface area (Å²) in [4.78, 5) is 12.3. The van der Waals surface area contributed by atoms with Crippen LogP contribution in [0, 0.1) is 12.8 Å². The third kappa shape index (κ3) is 2.19. The van der Waals surface area contributed by atoms with E-state index in [-0.39, 0.29) is 11.8 Å². The SMILES string of the molecule is Cc1ccc(NC(=O)C2CC3CCC2N3)c(Br)c1. The molecule has 2 aliphatic rings. The largest absolute Gasteiger partial charge is 0.325 e. The van der Waals surface area contributed by atoms with Crippen LogP contribution < -0.4 is 10.6 Å². The average Bonchev–Trinajstić information content (AvgIpc) is 2.94. The number of hydrogen-bond donors (Lipinski definition) is 2. The number of nitrogens with one attached hydrogen (secondary N) is 2. The normalized spacial score (nSPS) is 29.6. The molecule has 3 nitrogen and oxygen atoms in total. The van der Waals surface area contributed by atoms with Gasteiger partial charge in [0.2, 0.25) is 5.91 Å². The second kappa shape index (κ2) is 4.67. The molecule has 0 spiro atoms. The summed E-state index contributed by atoms with van der Waals surface area (Å²) >= 11 is 3.49. The van der Waals surface area contributed by atoms with Crippen molar-refractivity contribution in [2.45, 2.75) is 38.3 Å². The summed E-state index contributed by atoms with van der Waals surface area (Å²) in [6.07, 6.45) is 3.35. The molecule has 3 rings (SSSR count). The van der Waals surface area contributed by atoms with Gasteiger partial charge in [-0.15, -0.1) is 0 Å². The lowest BCUT2D eigenvalue weighted by Gasteiger charge is -2.19. The van der Waals surface area contributed by atoms with E-state index >= 15 is 0 Å². The molecule has 2 heterocycles. The first kappa shape index (κ1) is 12.2. The van der Waals surface area contributed by atoms with Crippen LogP contribution in [0.2, 0.25) is 0 Å². The minimum atomic E-state index is 0.136. The molecule has 0 saturated carbocycles. The van der Waals surface area contributed by atoms with Gasteiger partial charge in [-0.05, 0) is 59.8 Å². The molecule has 96 valence electrons. The lowest BCUT2D eigenvalue weighted by atomic mass is 9.88. The first-order valence-electron chi connectivity index (χ1n) is 6.46. The number of halogens is 1. The Kier molecular flexibility index (Phi) is 3.16. The Morgan fingerprint density at radius 2 is 2.28 bits per heavy atom. The Labute approximate surface area is 115 Å². The van der Waals surface area contributed by atoms with E-state index < -0.39 is 0 Å². The summed E-state index contributed by atoms with van der Waals surface area (Å²) in [6.45, 7) is 2.04. The maximum atomic E-state index is 12.3. The summed E-state index contributed by atoms with van der Waals surface area (Å²) in [6, 6.07) is 6.94. The van der Waals surface area contributed by atoms with Gasteiger partial charge in [0.1, 0.15) is 0 Å².